The molecular weight excluding hydrogens is 314 g/mol. The van der Waals surface area contributed by atoms with Crippen LogP contribution in [0.1, 0.15) is 37.7 Å². The van der Waals surface area contributed by atoms with E-state index in [-0.39, 0.29) is 12.5 Å². The highest BCUT2D eigenvalue weighted by atomic mass is 16.5. The number of hydrogen-bond donors (Lipinski definition) is 1. The number of rotatable bonds is 6. The van der Waals surface area contributed by atoms with Crippen molar-refractivity contribution in [2.24, 2.45) is 0 Å². The SMILES string of the molecule is Cc1ccc(Oc2ccc(OCC(=O)NC3CCCCC3)cc2)cc1. The minimum atomic E-state index is -0.0492. The molecular formula is C21H25NO3. The smallest absolute Gasteiger partial charge is 0.258 e. The number of nitrogens with one attached hydrogen (secondary N) is 1. The van der Waals surface area contributed by atoms with Crippen LogP contribution in [0.25, 0.3) is 0 Å². The minimum absolute atomic E-state index is 0.0492. The van der Waals surface area contributed by atoms with Crippen molar-refractivity contribution in [2.45, 2.75) is 45.1 Å². The third kappa shape index (κ3) is 5.52. The molecule has 1 aliphatic carbocycles. The molecule has 0 unspecified atom stereocenters. The largest absolute Gasteiger partial charge is 0.484 e. The molecule has 0 atom stereocenters. The quantitative estimate of drug-likeness (QED) is 0.836. The van der Waals surface area contributed by atoms with Gasteiger partial charge in [-0.2, -0.15) is 0 Å². The molecule has 132 valence electrons. The summed E-state index contributed by atoms with van der Waals surface area (Å²) in [5.74, 6) is 2.15. The number of hydrogen-bond acceptors (Lipinski definition) is 3. The Morgan fingerprint density at radius 1 is 0.920 bits per heavy atom. The van der Waals surface area contributed by atoms with Gasteiger partial charge in [0.1, 0.15) is 17.2 Å². The first-order chi connectivity index (χ1) is 12.2. The van der Waals surface area contributed by atoms with E-state index in [1.54, 1.807) is 0 Å². The van der Waals surface area contributed by atoms with Gasteiger partial charge >= 0.3 is 0 Å². The van der Waals surface area contributed by atoms with E-state index in [1.807, 2.05) is 55.5 Å². The Balaban J connectivity index is 1.45. The molecule has 1 aliphatic rings. The van der Waals surface area contributed by atoms with Crippen LogP contribution in [0, 0.1) is 6.92 Å². The third-order valence-corrected chi connectivity index (χ3v) is 4.42. The van der Waals surface area contributed by atoms with Crippen LogP contribution in [0.5, 0.6) is 17.2 Å². The van der Waals surface area contributed by atoms with E-state index in [0.717, 1.165) is 24.3 Å². The number of benzene rings is 2. The van der Waals surface area contributed by atoms with Gasteiger partial charge in [0.2, 0.25) is 0 Å². The fraction of sp³-hybridized carbons (Fsp3) is 0.381. The predicted molar refractivity (Wildman–Crippen MR) is 98.2 cm³/mol. The number of carbonyl (C=O) groups is 1. The second-order valence-electron chi connectivity index (χ2n) is 6.58. The number of amides is 1. The van der Waals surface area contributed by atoms with Crippen molar-refractivity contribution in [3.63, 3.8) is 0 Å². The molecule has 0 aromatic heterocycles. The Morgan fingerprint density at radius 3 is 2.12 bits per heavy atom. The average molecular weight is 339 g/mol. The standard InChI is InChI=1S/C21H25NO3/c1-16-7-9-19(10-8-16)25-20-13-11-18(12-14-20)24-15-21(23)22-17-5-3-2-4-6-17/h7-14,17H,2-6,15H2,1H3,(H,22,23). The monoisotopic (exact) mass is 339 g/mol. The Kier molecular flexibility index (Phi) is 5.94. The van der Waals surface area contributed by atoms with E-state index in [2.05, 4.69) is 5.32 Å². The van der Waals surface area contributed by atoms with E-state index in [0.29, 0.717) is 11.8 Å². The maximum atomic E-state index is 12.0. The maximum absolute atomic E-state index is 12.0. The van der Waals surface area contributed by atoms with Crippen molar-refractivity contribution in [3.05, 3.63) is 54.1 Å². The summed E-state index contributed by atoms with van der Waals surface area (Å²) in [5, 5.41) is 3.05. The van der Waals surface area contributed by atoms with Crippen LogP contribution in [0.3, 0.4) is 0 Å². The van der Waals surface area contributed by atoms with Gasteiger partial charge < -0.3 is 14.8 Å². The van der Waals surface area contributed by atoms with Crippen LogP contribution in [0.4, 0.5) is 0 Å². The van der Waals surface area contributed by atoms with E-state index in [9.17, 15) is 4.79 Å². The van der Waals surface area contributed by atoms with Gasteiger partial charge in [0.15, 0.2) is 6.61 Å². The predicted octanol–water partition coefficient (Wildman–Crippen LogP) is 4.62. The molecule has 0 aliphatic heterocycles. The highest BCUT2D eigenvalue weighted by Gasteiger charge is 2.15. The molecule has 0 bridgehead atoms. The fourth-order valence-corrected chi connectivity index (χ4v) is 3.01. The van der Waals surface area contributed by atoms with Gasteiger partial charge in [0, 0.05) is 6.04 Å². The lowest BCUT2D eigenvalue weighted by Gasteiger charge is -2.22. The van der Waals surface area contributed by atoms with Crippen molar-refractivity contribution < 1.29 is 14.3 Å². The lowest BCUT2D eigenvalue weighted by molar-refractivity contribution is -0.124. The van der Waals surface area contributed by atoms with Crippen molar-refractivity contribution in [1.29, 1.82) is 0 Å². The molecule has 1 amide bonds. The van der Waals surface area contributed by atoms with Crippen molar-refractivity contribution >= 4 is 5.91 Å². The van der Waals surface area contributed by atoms with Crippen molar-refractivity contribution in [2.75, 3.05) is 6.61 Å². The Labute approximate surface area is 149 Å². The van der Waals surface area contributed by atoms with E-state index in [1.165, 1.54) is 24.8 Å². The second-order valence-corrected chi connectivity index (χ2v) is 6.58. The molecule has 0 heterocycles. The molecule has 25 heavy (non-hydrogen) atoms. The van der Waals surface area contributed by atoms with Crippen LogP contribution < -0.4 is 14.8 Å². The Morgan fingerprint density at radius 2 is 1.48 bits per heavy atom. The van der Waals surface area contributed by atoms with Gasteiger partial charge in [-0.1, -0.05) is 37.0 Å². The lowest BCUT2D eigenvalue weighted by atomic mass is 9.95. The fourth-order valence-electron chi connectivity index (χ4n) is 3.01. The highest BCUT2D eigenvalue weighted by Crippen LogP contribution is 2.24. The molecule has 1 fully saturated rings. The van der Waals surface area contributed by atoms with E-state index in [4.69, 9.17) is 9.47 Å². The molecule has 4 nitrogen and oxygen atoms in total. The summed E-state index contributed by atoms with van der Waals surface area (Å²) in [6, 6.07) is 15.5. The summed E-state index contributed by atoms with van der Waals surface area (Å²) in [6.07, 6.45) is 5.84. The second kappa shape index (κ2) is 8.56. The first-order valence-corrected chi connectivity index (χ1v) is 8.96. The van der Waals surface area contributed by atoms with Crippen LogP contribution >= 0.6 is 0 Å². The molecule has 4 heteroatoms. The van der Waals surface area contributed by atoms with Gasteiger partial charge in [-0.25, -0.2) is 0 Å². The average Bonchev–Trinajstić information content (AvgIpc) is 2.64. The zero-order chi connectivity index (χ0) is 17.5. The molecule has 1 saturated carbocycles. The zero-order valence-corrected chi connectivity index (χ0v) is 14.7. The van der Waals surface area contributed by atoms with Gasteiger partial charge in [-0.15, -0.1) is 0 Å². The molecule has 2 aromatic rings. The van der Waals surface area contributed by atoms with Crippen LogP contribution in [0.15, 0.2) is 48.5 Å². The summed E-state index contributed by atoms with van der Waals surface area (Å²) < 4.78 is 11.3. The summed E-state index contributed by atoms with van der Waals surface area (Å²) in [6.45, 7) is 2.09. The summed E-state index contributed by atoms with van der Waals surface area (Å²) in [4.78, 5) is 12.0. The molecule has 0 spiro atoms. The van der Waals surface area contributed by atoms with Crippen LogP contribution in [0.2, 0.25) is 0 Å². The normalized spacial score (nSPS) is 14.8. The van der Waals surface area contributed by atoms with E-state index >= 15 is 0 Å². The topological polar surface area (TPSA) is 47.6 Å². The Bertz CT molecular complexity index is 673. The van der Waals surface area contributed by atoms with E-state index < -0.39 is 0 Å². The Hall–Kier alpha value is -2.49. The van der Waals surface area contributed by atoms with Crippen molar-refractivity contribution in [1.82, 2.24) is 5.32 Å². The molecule has 0 radical (unpaired) electrons. The number of aryl methyl sites for hydroxylation is 1. The van der Waals surface area contributed by atoms with Crippen LogP contribution in [-0.4, -0.2) is 18.6 Å². The number of carbonyl (C=O) groups excluding carboxylic acids is 1. The van der Waals surface area contributed by atoms with Crippen LogP contribution in [-0.2, 0) is 4.79 Å². The zero-order valence-electron chi connectivity index (χ0n) is 14.7. The van der Waals surface area contributed by atoms with Gasteiger partial charge in [0.05, 0.1) is 0 Å². The van der Waals surface area contributed by atoms with Gasteiger partial charge in [-0.05, 0) is 56.2 Å². The van der Waals surface area contributed by atoms with Gasteiger partial charge in [-0.3, -0.25) is 4.79 Å². The summed E-state index contributed by atoms with van der Waals surface area (Å²) in [7, 11) is 0. The maximum Gasteiger partial charge on any atom is 0.258 e. The molecule has 1 N–H and O–H groups in total. The summed E-state index contributed by atoms with van der Waals surface area (Å²) >= 11 is 0. The summed E-state index contributed by atoms with van der Waals surface area (Å²) in [5.41, 5.74) is 1.20. The first kappa shape index (κ1) is 17.3. The van der Waals surface area contributed by atoms with Gasteiger partial charge in [0.25, 0.3) is 5.91 Å². The van der Waals surface area contributed by atoms with Crippen molar-refractivity contribution in [3.8, 4) is 17.2 Å². The number of ether oxygens (including phenoxy) is 2. The molecule has 3 rings (SSSR count). The minimum Gasteiger partial charge on any atom is -0.484 e. The molecule has 0 saturated heterocycles. The molecule has 2 aromatic carbocycles. The lowest BCUT2D eigenvalue weighted by Crippen LogP contribution is -2.38. The third-order valence-electron chi connectivity index (χ3n) is 4.42. The first-order valence-electron chi connectivity index (χ1n) is 8.96. The highest BCUT2D eigenvalue weighted by molar-refractivity contribution is 5.77.